The number of carbonyl (C=O) groups is 1. The number of amides is 1. The quantitative estimate of drug-likeness (QED) is 0.702. The molecule has 0 radical (unpaired) electrons. The molecular formula is C22H26N4O. The van der Waals surface area contributed by atoms with Gasteiger partial charge in [-0.1, -0.05) is 35.5 Å². The minimum Gasteiger partial charge on any atom is -0.339 e. The lowest BCUT2D eigenvalue weighted by atomic mass is 9.90. The highest BCUT2D eigenvalue weighted by molar-refractivity contribution is 5.97. The highest BCUT2D eigenvalue weighted by Gasteiger charge is 2.24. The SMILES string of the molecule is CC(C)n1nnc2cc(C(=O)N3CCC(Cc4ccccc4)CC3)ccc21. The molecule has 1 aliphatic rings. The first-order chi connectivity index (χ1) is 13.1. The lowest BCUT2D eigenvalue weighted by Crippen LogP contribution is -2.38. The fraction of sp³-hybridized carbons (Fsp3) is 0.409. The molecule has 4 rings (SSSR count). The summed E-state index contributed by atoms with van der Waals surface area (Å²) >= 11 is 0. The molecule has 5 nitrogen and oxygen atoms in total. The molecule has 2 heterocycles. The molecule has 0 N–H and O–H groups in total. The Morgan fingerprint density at radius 1 is 1.11 bits per heavy atom. The van der Waals surface area contributed by atoms with E-state index < -0.39 is 0 Å². The van der Waals surface area contributed by atoms with Crippen molar-refractivity contribution in [2.75, 3.05) is 13.1 Å². The van der Waals surface area contributed by atoms with Crippen molar-refractivity contribution in [3.63, 3.8) is 0 Å². The monoisotopic (exact) mass is 362 g/mol. The van der Waals surface area contributed by atoms with E-state index in [4.69, 9.17) is 0 Å². The predicted octanol–water partition coefficient (Wildman–Crippen LogP) is 4.11. The second-order valence-electron chi connectivity index (χ2n) is 7.76. The number of hydrogen-bond acceptors (Lipinski definition) is 3. The number of hydrogen-bond donors (Lipinski definition) is 0. The minimum atomic E-state index is 0.106. The molecule has 3 aromatic rings. The molecule has 1 aliphatic heterocycles. The summed E-state index contributed by atoms with van der Waals surface area (Å²) in [6, 6.07) is 16.6. The number of nitrogens with zero attached hydrogens (tertiary/aromatic N) is 4. The molecule has 2 aromatic carbocycles. The summed E-state index contributed by atoms with van der Waals surface area (Å²) < 4.78 is 1.89. The average Bonchev–Trinajstić information content (AvgIpc) is 3.12. The Labute approximate surface area is 160 Å². The normalized spacial score (nSPS) is 15.6. The summed E-state index contributed by atoms with van der Waals surface area (Å²) in [7, 11) is 0. The smallest absolute Gasteiger partial charge is 0.253 e. The van der Waals surface area contributed by atoms with Crippen LogP contribution < -0.4 is 0 Å². The zero-order valence-electron chi connectivity index (χ0n) is 16.0. The first-order valence-electron chi connectivity index (χ1n) is 9.80. The molecule has 140 valence electrons. The molecule has 0 unspecified atom stereocenters. The molecule has 1 saturated heterocycles. The van der Waals surface area contributed by atoms with Crippen LogP contribution in [-0.2, 0) is 6.42 Å². The van der Waals surface area contributed by atoms with Crippen molar-refractivity contribution in [3.8, 4) is 0 Å². The third-order valence-corrected chi connectivity index (χ3v) is 5.48. The summed E-state index contributed by atoms with van der Waals surface area (Å²) in [5.41, 5.74) is 3.86. The number of carbonyl (C=O) groups excluding carboxylic acids is 1. The maximum absolute atomic E-state index is 12.9. The zero-order chi connectivity index (χ0) is 18.8. The third kappa shape index (κ3) is 3.72. The van der Waals surface area contributed by atoms with Crippen LogP contribution in [0.2, 0.25) is 0 Å². The molecule has 1 fully saturated rings. The largest absolute Gasteiger partial charge is 0.339 e. The van der Waals surface area contributed by atoms with Crippen molar-refractivity contribution >= 4 is 16.9 Å². The molecule has 0 aliphatic carbocycles. The summed E-state index contributed by atoms with van der Waals surface area (Å²) in [4.78, 5) is 14.9. The Morgan fingerprint density at radius 3 is 2.56 bits per heavy atom. The number of fused-ring (bicyclic) bond motifs is 1. The topological polar surface area (TPSA) is 51.0 Å². The van der Waals surface area contributed by atoms with Gasteiger partial charge in [-0.3, -0.25) is 4.79 Å². The van der Waals surface area contributed by atoms with Gasteiger partial charge in [-0.05, 0) is 62.8 Å². The van der Waals surface area contributed by atoms with Crippen molar-refractivity contribution in [2.24, 2.45) is 5.92 Å². The summed E-state index contributed by atoms with van der Waals surface area (Å²) in [6.07, 6.45) is 3.23. The van der Waals surface area contributed by atoms with Crippen molar-refractivity contribution in [3.05, 3.63) is 59.7 Å². The lowest BCUT2D eigenvalue weighted by Gasteiger charge is -2.32. The summed E-state index contributed by atoms with van der Waals surface area (Å²) in [5, 5.41) is 8.43. The molecular weight excluding hydrogens is 336 g/mol. The summed E-state index contributed by atoms with van der Waals surface area (Å²) in [6.45, 7) is 5.81. The van der Waals surface area contributed by atoms with Gasteiger partial charge in [-0.15, -0.1) is 5.10 Å². The molecule has 0 atom stereocenters. The first kappa shape index (κ1) is 17.7. The van der Waals surface area contributed by atoms with Gasteiger partial charge >= 0.3 is 0 Å². The van der Waals surface area contributed by atoms with Gasteiger partial charge in [0.1, 0.15) is 5.52 Å². The highest BCUT2D eigenvalue weighted by Crippen LogP contribution is 2.24. The van der Waals surface area contributed by atoms with Crippen LogP contribution in [0.1, 0.15) is 48.7 Å². The Balaban J connectivity index is 1.41. The van der Waals surface area contributed by atoms with Crippen molar-refractivity contribution in [2.45, 2.75) is 39.2 Å². The average molecular weight is 362 g/mol. The van der Waals surface area contributed by atoms with Crippen LogP contribution in [0.4, 0.5) is 0 Å². The highest BCUT2D eigenvalue weighted by atomic mass is 16.2. The third-order valence-electron chi connectivity index (χ3n) is 5.48. The molecule has 27 heavy (non-hydrogen) atoms. The number of aromatic nitrogens is 3. The molecule has 1 aromatic heterocycles. The Bertz CT molecular complexity index is 924. The Morgan fingerprint density at radius 2 is 1.85 bits per heavy atom. The molecule has 0 saturated carbocycles. The minimum absolute atomic E-state index is 0.106. The van der Waals surface area contributed by atoms with E-state index in [2.05, 4.69) is 54.5 Å². The number of benzene rings is 2. The van der Waals surface area contributed by atoms with Crippen molar-refractivity contribution < 1.29 is 4.79 Å². The predicted molar refractivity (Wildman–Crippen MR) is 107 cm³/mol. The molecule has 0 spiro atoms. The van der Waals surface area contributed by atoms with E-state index in [0.29, 0.717) is 11.5 Å². The van der Waals surface area contributed by atoms with E-state index in [9.17, 15) is 4.79 Å². The maximum Gasteiger partial charge on any atom is 0.253 e. The number of rotatable bonds is 4. The van der Waals surface area contributed by atoms with Gasteiger partial charge in [-0.2, -0.15) is 0 Å². The van der Waals surface area contributed by atoms with Crippen molar-refractivity contribution in [1.82, 2.24) is 19.9 Å². The fourth-order valence-corrected chi connectivity index (χ4v) is 3.93. The van der Waals surface area contributed by atoms with Gasteiger partial charge in [0, 0.05) is 24.7 Å². The second-order valence-corrected chi connectivity index (χ2v) is 7.76. The van der Waals surface area contributed by atoms with Crippen molar-refractivity contribution in [1.29, 1.82) is 0 Å². The van der Waals surface area contributed by atoms with Gasteiger partial charge in [0.2, 0.25) is 0 Å². The van der Waals surface area contributed by atoms with E-state index in [0.717, 1.165) is 43.4 Å². The second kappa shape index (κ2) is 7.51. The standard InChI is InChI=1S/C22H26N4O/c1-16(2)26-21-9-8-19(15-20(21)23-24-26)22(27)25-12-10-18(11-13-25)14-17-6-4-3-5-7-17/h3-9,15-16,18H,10-14H2,1-2H3. The van der Waals surface area contributed by atoms with E-state index in [1.807, 2.05) is 27.8 Å². The van der Waals surface area contributed by atoms with Gasteiger partial charge in [0.25, 0.3) is 5.91 Å². The van der Waals surface area contributed by atoms with E-state index in [1.165, 1.54) is 5.56 Å². The Kier molecular flexibility index (Phi) is 4.92. The van der Waals surface area contributed by atoms with Gasteiger partial charge in [0.05, 0.1) is 5.52 Å². The number of likely N-dealkylation sites (tertiary alicyclic amines) is 1. The van der Waals surface area contributed by atoms with E-state index in [1.54, 1.807) is 0 Å². The Hall–Kier alpha value is -2.69. The zero-order valence-corrected chi connectivity index (χ0v) is 16.0. The molecule has 5 heteroatoms. The van der Waals surface area contributed by atoms with Crippen LogP contribution in [-0.4, -0.2) is 38.9 Å². The summed E-state index contributed by atoms with van der Waals surface area (Å²) in [5.74, 6) is 0.763. The maximum atomic E-state index is 12.9. The van der Waals surface area contributed by atoms with Gasteiger partial charge in [-0.25, -0.2) is 4.68 Å². The van der Waals surface area contributed by atoms with Crippen LogP contribution in [0, 0.1) is 5.92 Å². The van der Waals surface area contributed by atoms with Crippen LogP contribution >= 0.6 is 0 Å². The van der Waals surface area contributed by atoms with E-state index in [-0.39, 0.29) is 11.9 Å². The van der Waals surface area contributed by atoms with Crippen LogP contribution in [0.5, 0.6) is 0 Å². The number of piperidine rings is 1. The fourth-order valence-electron chi connectivity index (χ4n) is 3.93. The van der Waals surface area contributed by atoms with E-state index >= 15 is 0 Å². The van der Waals surface area contributed by atoms with Gasteiger partial charge < -0.3 is 4.90 Å². The first-order valence-corrected chi connectivity index (χ1v) is 9.80. The van der Waals surface area contributed by atoms with Crippen LogP contribution in [0.15, 0.2) is 48.5 Å². The van der Waals surface area contributed by atoms with Crippen LogP contribution in [0.25, 0.3) is 11.0 Å². The molecule has 0 bridgehead atoms. The van der Waals surface area contributed by atoms with Gasteiger partial charge in [0.15, 0.2) is 0 Å². The molecule has 1 amide bonds. The van der Waals surface area contributed by atoms with Crippen LogP contribution in [0.3, 0.4) is 0 Å². The lowest BCUT2D eigenvalue weighted by molar-refractivity contribution is 0.0690.